The maximum Gasteiger partial charge on any atom is 0.241 e. The number of hydrogen-bond donors (Lipinski definition) is 2. The summed E-state index contributed by atoms with van der Waals surface area (Å²) in [6, 6.07) is 6.39. The molecule has 3 N–H and O–H groups in total. The molecule has 1 aromatic heterocycles. The van der Waals surface area contributed by atoms with Gasteiger partial charge in [-0.3, -0.25) is 4.79 Å². The van der Waals surface area contributed by atoms with Crippen LogP contribution in [0.5, 0.6) is 0 Å². The van der Waals surface area contributed by atoms with Crippen LogP contribution in [0.25, 0.3) is 5.69 Å². The molecule has 0 radical (unpaired) electrons. The molecule has 2 aromatic rings. The normalized spacial score (nSPS) is 12.2. The van der Waals surface area contributed by atoms with Crippen LogP contribution in [0.2, 0.25) is 5.02 Å². The van der Waals surface area contributed by atoms with Gasteiger partial charge in [0.25, 0.3) is 0 Å². The lowest BCUT2D eigenvalue weighted by Gasteiger charge is -2.13. The van der Waals surface area contributed by atoms with Crippen molar-refractivity contribution in [2.24, 2.45) is 5.73 Å². The molecular weight excluding hydrogens is 252 g/mol. The minimum Gasteiger partial charge on any atom is -0.323 e. The Morgan fingerprint density at radius 2 is 2.33 bits per heavy atom. The van der Waals surface area contributed by atoms with Crippen LogP contribution in [0.15, 0.2) is 36.7 Å². The van der Waals surface area contributed by atoms with Gasteiger partial charge in [-0.15, -0.1) is 0 Å². The van der Waals surface area contributed by atoms with Crippen LogP contribution in [0.1, 0.15) is 6.92 Å². The second-order valence-electron chi connectivity index (χ2n) is 3.89. The summed E-state index contributed by atoms with van der Waals surface area (Å²) >= 11 is 5.93. The molecule has 6 heteroatoms. The Hall–Kier alpha value is -1.85. The summed E-state index contributed by atoms with van der Waals surface area (Å²) in [6.45, 7) is 1.62. The van der Waals surface area contributed by atoms with Crippen molar-refractivity contribution in [1.82, 2.24) is 9.78 Å². The molecule has 0 spiro atoms. The molecule has 0 bridgehead atoms. The number of nitrogens with two attached hydrogens (primary N) is 1. The summed E-state index contributed by atoms with van der Waals surface area (Å²) in [5.41, 5.74) is 6.84. The molecule has 18 heavy (non-hydrogen) atoms. The molecule has 1 unspecified atom stereocenters. The fraction of sp³-hybridized carbons (Fsp3) is 0.167. The van der Waals surface area contributed by atoms with Gasteiger partial charge in [-0.25, -0.2) is 4.68 Å². The van der Waals surface area contributed by atoms with Crippen molar-refractivity contribution in [1.29, 1.82) is 0 Å². The molecule has 1 atom stereocenters. The number of halogens is 1. The predicted octanol–water partition coefficient (Wildman–Crippen LogP) is 1.81. The molecule has 5 nitrogen and oxygen atoms in total. The third-order valence-corrected chi connectivity index (χ3v) is 2.62. The molecule has 0 aliphatic rings. The van der Waals surface area contributed by atoms with Crippen molar-refractivity contribution in [2.45, 2.75) is 13.0 Å². The van der Waals surface area contributed by atoms with Gasteiger partial charge in [0.05, 0.1) is 17.4 Å². The second kappa shape index (κ2) is 5.20. The number of rotatable bonds is 3. The average Bonchev–Trinajstić information content (AvgIpc) is 2.82. The van der Waals surface area contributed by atoms with Crippen LogP contribution in [0, 0.1) is 0 Å². The van der Waals surface area contributed by atoms with E-state index in [1.807, 2.05) is 0 Å². The second-order valence-corrected chi connectivity index (χ2v) is 4.33. The average molecular weight is 265 g/mol. The lowest BCUT2D eigenvalue weighted by atomic mass is 10.2. The summed E-state index contributed by atoms with van der Waals surface area (Å²) in [5, 5.41) is 7.38. The van der Waals surface area contributed by atoms with Crippen molar-refractivity contribution < 1.29 is 4.79 Å². The summed E-state index contributed by atoms with van der Waals surface area (Å²) in [5.74, 6) is -0.273. The first kappa shape index (κ1) is 12.6. The Morgan fingerprint density at radius 3 is 2.94 bits per heavy atom. The van der Waals surface area contributed by atoms with Gasteiger partial charge in [0.2, 0.25) is 5.91 Å². The zero-order valence-corrected chi connectivity index (χ0v) is 10.6. The van der Waals surface area contributed by atoms with E-state index in [0.29, 0.717) is 10.7 Å². The number of aromatic nitrogens is 2. The van der Waals surface area contributed by atoms with E-state index in [4.69, 9.17) is 17.3 Å². The van der Waals surface area contributed by atoms with Gasteiger partial charge in [0.1, 0.15) is 0 Å². The number of nitrogens with zero attached hydrogens (tertiary/aromatic N) is 2. The lowest BCUT2D eigenvalue weighted by Crippen LogP contribution is -2.32. The Balaban J connectivity index is 2.39. The van der Waals surface area contributed by atoms with Crippen molar-refractivity contribution in [3.63, 3.8) is 0 Å². The van der Waals surface area contributed by atoms with Crippen molar-refractivity contribution in [3.8, 4) is 5.69 Å². The number of carbonyl (C=O) groups excluding carboxylic acids is 1. The van der Waals surface area contributed by atoms with Crippen LogP contribution in [0.3, 0.4) is 0 Å². The third kappa shape index (κ3) is 2.69. The monoisotopic (exact) mass is 264 g/mol. The number of nitrogens with one attached hydrogen (secondary N) is 1. The molecule has 0 aliphatic heterocycles. The van der Waals surface area contributed by atoms with Crippen LogP contribution in [-0.2, 0) is 4.79 Å². The molecule has 0 saturated heterocycles. The molecule has 0 aliphatic carbocycles. The number of anilines is 1. The molecular formula is C12H13ClN4O. The maximum atomic E-state index is 11.6. The largest absolute Gasteiger partial charge is 0.323 e. The van der Waals surface area contributed by atoms with E-state index in [9.17, 15) is 4.79 Å². The molecule has 2 rings (SSSR count). The fourth-order valence-corrected chi connectivity index (χ4v) is 1.64. The lowest BCUT2D eigenvalue weighted by molar-refractivity contribution is -0.117. The van der Waals surface area contributed by atoms with Crippen molar-refractivity contribution >= 4 is 23.2 Å². The van der Waals surface area contributed by atoms with Crippen LogP contribution in [-0.4, -0.2) is 21.7 Å². The highest BCUT2D eigenvalue weighted by Gasteiger charge is 2.12. The molecule has 94 valence electrons. The zero-order valence-electron chi connectivity index (χ0n) is 9.80. The van der Waals surface area contributed by atoms with E-state index in [2.05, 4.69) is 10.4 Å². The Bertz CT molecular complexity index is 551. The first-order valence-corrected chi connectivity index (χ1v) is 5.82. The van der Waals surface area contributed by atoms with Crippen LogP contribution < -0.4 is 11.1 Å². The number of benzene rings is 1. The first-order valence-electron chi connectivity index (χ1n) is 5.44. The van der Waals surface area contributed by atoms with Gasteiger partial charge in [-0.1, -0.05) is 11.6 Å². The third-order valence-electron chi connectivity index (χ3n) is 2.38. The Morgan fingerprint density at radius 1 is 1.56 bits per heavy atom. The fourth-order valence-electron chi connectivity index (χ4n) is 1.47. The SMILES string of the molecule is CC(N)C(=O)Nc1cc(Cl)ccc1-n1cccn1. The molecule has 0 saturated carbocycles. The predicted molar refractivity (Wildman–Crippen MR) is 70.9 cm³/mol. The van der Waals surface area contributed by atoms with Crippen molar-refractivity contribution in [2.75, 3.05) is 5.32 Å². The quantitative estimate of drug-likeness (QED) is 0.888. The molecule has 1 aromatic carbocycles. The van der Waals surface area contributed by atoms with E-state index in [1.54, 1.807) is 48.3 Å². The molecule has 0 fully saturated rings. The highest BCUT2D eigenvalue weighted by Crippen LogP contribution is 2.24. The number of amides is 1. The zero-order chi connectivity index (χ0) is 13.1. The van der Waals surface area contributed by atoms with Gasteiger partial charge < -0.3 is 11.1 Å². The van der Waals surface area contributed by atoms with E-state index in [1.165, 1.54) is 0 Å². The maximum absolute atomic E-state index is 11.6. The van der Waals surface area contributed by atoms with E-state index < -0.39 is 6.04 Å². The molecule has 1 amide bonds. The van der Waals surface area contributed by atoms with Gasteiger partial charge >= 0.3 is 0 Å². The van der Waals surface area contributed by atoms with E-state index >= 15 is 0 Å². The first-order chi connectivity index (χ1) is 8.58. The number of hydrogen-bond acceptors (Lipinski definition) is 3. The van der Waals surface area contributed by atoms with Gasteiger partial charge in [-0.05, 0) is 31.2 Å². The standard InChI is InChI=1S/C12H13ClN4O/c1-8(14)12(18)16-10-7-9(13)3-4-11(10)17-6-2-5-15-17/h2-8H,14H2,1H3,(H,16,18). The smallest absolute Gasteiger partial charge is 0.241 e. The van der Waals surface area contributed by atoms with Gasteiger partial charge in [-0.2, -0.15) is 5.10 Å². The van der Waals surface area contributed by atoms with Gasteiger partial charge in [0, 0.05) is 17.4 Å². The topological polar surface area (TPSA) is 72.9 Å². The summed E-state index contributed by atoms with van der Waals surface area (Å²) in [7, 11) is 0. The highest BCUT2D eigenvalue weighted by molar-refractivity contribution is 6.31. The highest BCUT2D eigenvalue weighted by atomic mass is 35.5. The molecule has 1 heterocycles. The number of carbonyl (C=O) groups is 1. The minimum absolute atomic E-state index is 0.273. The van der Waals surface area contributed by atoms with E-state index in [0.717, 1.165) is 5.69 Å². The Kier molecular flexibility index (Phi) is 3.64. The minimum atomic E-state index is -0.588. The van der Waals surface area contributed by atoms with Crippen LogP contribution >= 0.6 is 11.6 Å². The van der Waals surface area contributed by atoms with Crippen LogP contribution in [0.4, 0.5) is 5.69 Å². The summed E-state index contributed by atoms with van der Waals surface area (Å²) in [4.78, 5) is 11.6. The van der Waals surface area contributed by atoms with Gasteiger partial charge in [0.15, 0.2) is 0 Å². The Labute approximate surface area is 110 Å². The van der Waals surface area contributed by atoms with E-state index in [-0.39, 0.29) is 5.91 Å². The summed E-state index contributed by atoms with van der Waals surface area (Å²) < 4.78 is 1.65. The summed E-state index contributed by atoms with van der Waals surface area (Å²) in [6.07, 6.45) is 3.44. The van der Waals surface area contributed by atoms with Crippen molar-refractivity contribution in [3.05, 3.63) is 41.7 Å².